The number of allylic oxidation sites excluding steroid dienone is 1. The number of nitrogens with one attached hydrogen (secondary N) is 1. The first-order chi connectivity index (χ1) is 35.5. The Morgan fingerprint density at radius 1 is 0.375 bits per heavy atom. The van der Waals surface area contributed by atoms with Gasteiger partial charge in [0, 0.05) is 12.8 Å². The molecule has 0 bridgehead atoms. The van der Waals surface area contributed by atoms with Crippen LogP contribution in [0, 0.1) is 0 Å². The van der Waals surface area contributed by atoms with Crippen LogP contribution in [0.3, 0.4) is 0 Å². The number of ether oxygens (including phenoxy) is 1. The summed E-state index contributed by atoms with van der Waals surface area (Å²) < 4.78 is 5.50. The van der Waals surface area contributed by atoms with E-state index in [1.54, 1.807) is 6.08 Å². The maximum atomic E-state index is 12.5. The average molecular weight is 1020 g/mol. The first-order valence-corrected chi connectivity index (χ1v) is 33.0. The fourth-order valence-electron chi connectivity index (χ4n) is 10.5. The maximum Gasteiger partial charge on any atom is 0.305 e. The molecule has 0 saturated heterocycles. The molecule has 0 aromatic heterocycles. The van der Waals surface area contributed by atoms with E-state index in [4.69, 9.17) is 4.74 Å². The lowest BCUT2D eigenvalue weighted by atomic mass is 10.0. The van der Waals surface area contributed by atoms with Crippen molar-refractivity contribution in [3.8, 4) is 0 Å². The minimum absolute atomic E-state index is 0.0202. The Bertz CT molecular complexity index is 1080. The van der Waals surface area contributed by atoms with Crippen molar-refractivity contribution in [3.05, 3.63) is 12.2 Å². The topological polar surface area (TPSA) is 95.9 Å². The van der Waals surface area contributed by atoms with Gasteiger partial charge in [-0.15, -0.1) is 0 Å². The molecule has 0 aliphatic carbocycles. The van der Waals surface area contributed by atoms with Gasteiger partial charge in [0.2, 0.25) is 5.91 Å². The van der Waals surface area contributed by atoms with Crippen molar-refractivity contribution in [3.63, 3.8) is 0 Å². The van der Waals surface area contributed by atoms with Gasteiger partial charge in [-0.25, -0.2) is 0 Å². The van der Waals surface area contributed by atoms with Crippen LogP contribution in [0.2, 0.25) is 0 Å². The predicted molar refractivity (Wildman–Crippen MR) is 315 cm³/mol. The van der Waals surface area contributed by atoms with Gasteiger partial charge >= 0.3 is 5.97 Å². The van der Waals surface area contributed by atoms with Crippen LogP contribution in [0.4, 0.5) is 0 Å². The largest absolute Gasteiger partial charge is 0.466 e. The minimum Gasteiger partial charge on any atom is -0.466 e. The molecule has 3 N–H and O–H groups in total. The van der Waals surface area contributed by atoms with Gasteiger partial charge in [-0.2, -0.15) is 0 Å². The number of aliphatic hydroxyl groups is 2. The van der Waals surface area contributed by atoms with Gasteiger partial charge < -0.3 is 20.3 Å². The molecule has 0 spiro atoms. The van der Waals surface area contributed by atoms with E-state index in [9.17, 15) is 19.8 Å². The molecule has 0 aliphatic heterocycles. The van der Waals surface area contributed by atoms with E-state index >= 15 is 0 Å². The number of carbonyl (C=O) groups is 2. The Balaban J connectivity index is 3.35. The Kier molecular flexibility index (Phi) is 60.9. The maximum absolute atomic E-state index is 12.5. The average Bonchev–Trinajstić information content (AvgIpc) is 3.38. The van der Waals surface area contributed by atoms with Crippen molar-refractivity contribution >= 4 is 11.9 Å². The molecule has 1 amide bonds. The van der Waals surface area contributed by atoms with Gasteiger partial charge in [-0.1, -0.05) is 341 Å². The number of hydrogen-bond acceptors (Lipinski definition) is 5. The molecule has 0 aliphatic rings. The van der Waals surface area contributed by atoms with E-state index < -0.39 is 12.1 Å². The van der Waals surface area contributed by atoms with E-state index in [0.29, 0.717) is 19.4 Å². The molecule has 0 fully saturated rings. The number of unbranched alkanes of at least 4 members (excludes halogenated alkanes) is 51. The highest BCUT2D eigenvalue weighted by Gasteiger charge is 2.18. The second kappa shape index (κ2) is 62.1. The SMILES string of the molecule is CCCCCCCCCCCCCC/C=C/C(O)C(CO)NC(=O)CCCCCCCCCCCCCCCCCCCCCCCCCCCOC(=O)CCCCCCCCCCCCCCCCCC. The van der Waals surface area contributed by atoms with E-state index in [-0.39, 0.29) is 18.5 Å². The van der Waals surface area contributed by atoms with Crippen molar-refractivity contribution in [2.75, 3.05) is 13.2 Å². The predicted octanol–water partition coefficient (Wildman–Crippen LogP) is 20.8. The third kappa shape index (κ3) is 57.9. The normalized spacial score (nSPS) is 12.6. The van der Waals surface area contributed by atoms with E-state index in [0.717, 1.165) is 38.5 Å². The van der Waals surface area contributed by atoms with Gasteiger partial charge in [0.1, 0.15) is 0 Å². The zero-order valence-electron chi connectivity index (χ0n) is 48.9. The van der Waals surface area contributed by atoms with Gasteiger partial charge in [-0.3, -0.25) is 9.59 Å². The zero-order valence-corrected chi connectivity index (χ0v) is 48.9. The fourth-order valence-corrected chi connectivity index (χ4v) is 10.5. The summed E-state index contributed by atoms with van der Waals surface area (Å²) in [5.41, 5.74) is 0. The molecule has 0 aromatic rings. The highest BCUT2D eigenvalue weighted by Crippen LogP contribution is 2.19. The van der Waals surface area contributed by atoms with Crippen molar-refractivity contribution in [1.82, 2.24) is 5.32 Å². The molecule has 6 heteroatoms. The van der Waals surface area contributed by atoms with Gasteiger partial charge in [0.25, 0.3) is 0 Å². The first kappa shape index (κ1) is 70.6. The van der Waals surface area contributed by atoms with Crippen LogP contribution in [-0.4, -0.2) is 47.4 Å². The van der Waals surface area contributed by atoms with Crippen LogP contribution < -0.4 is 5.32 Å². The van der Waals surface area contributed by atoms with Crippen LogP contribution >= 0.6 is 0 Å². The lowest BCUT2D eigenvalue weighted by molar-refractivity contribution is -0.143. The molecule has 2 atom stereocenters. The minimum atomic E-state index is -0.842. The van der Waals surface area contributed by atoms with Crippen LogP contribution in [0.1, 0.15) is 373 Å². The summed E-state index contributed by atoms with van der Waals surface area (Å²) in [7, 11) is 0. The lowest BCUT2D eigenvalue weighted by Crippen LogP contribution is -2.45. The van der Waals surface area contributed by atoms with E-state index in [1.165, 1.54) is 308 Å². The number of amides is 1. The van der Waals surface area contributed by atoms with Crippen LogP contribution in [0.15, 0.2) is 12.2 Å². The van der Waals surface area contributed by atoms with Gasteiger partial charge in [-0.05, 0) is 32.1 Å². The second-order valence-corrected chi connectivity index (χ2v) is 22.8. The van der Waals surface area contributed by atoms with Gasteiger partial charge in [0.05, 0.1) is 25.4 Å². The van der Waals surface area contributed by atoms with Crippen LogP contribution in [-0.2, 0) is 14.3 Å². The summed E-state index contributed by atoms with van der Waals surface area (Å²) in [5.74, 6) is -0.0439. The molecule has 2 unspecified atom stereocenters. The van der Waals surface area contributed by atoms with Crippen LogP contribution in [0.25, 0.3) is 0 Å². The molecule has 0 radical (unpaired) electrons. The summed E-state index contributed by atoms with van der Waals surface area (Å²) in [4.78, 5) is 24.5. The Morgan fingerprint density at radius 3 is 0.944 bits per heavy atom. The molecule has 0 saturated carbocycles. The lowest BCUT2D eigenvalue weighted by Gasteiger charge is -2.20. The van der Waals surface area contributed by atoms with Crippen molar-refractivity contribution in [2.24, 2.45) is 0 Å². The number of hydrogen-bond donors (Lipinski definition) is 3. The number of rotatable bonds is 62. The molecule has 72 heavy (non-hydrogen) atoms. The fraction of sp³-hybridized carbons (Fsp3) is 0.939. The van der Waals surface area contributed by atoms with Crippen LogP contribution in [0.5, 0.6) is 0 Å². The number of aliphatic hydroxyl groups excluding tert-OH is 2. The molecule has 0 rings (SSSR count). The summed E-state index contributed by atoms with van der Waals surface area (Å²) in [6.07, 6.45) is 75.6. The quantitative estimate of drug-likeness (QED) is 0.0320. The monoisotopic (exact) mass is 1020 g/mol. The summed E-state index contributed by atoms with van der Waals surface area (Å²) in [6.45, 7) is 4.94. The smallest absolute Gasteiger partial charge is 0.305 e. The Morgan fingerprint density at radius 2 is 0.639 bits per heavy atom. The second-order valence-electron chi connectivity index (χ2n) is 22.8. The molecule has 428 valence electrons. The zero-order chi connectivity index (χ0) is 52.2. The third-order valence-corrected chi connectivity index (χ3v) is 15.6. The Hall–Kier alpha value is -1.40. The summed E-state index contributed by atoms with van der Waals surface area (Å²) in [6, 6.07) is -0.625. The molecular weight excluding hydrogens is 887 g/mol. The number of esters is 1. The standard InChI is InChI=1S/C66H129NO5/c1-3-5-7-9-11-13-15-17-19-32-36-40-44-48-52-56-60-66(71)72-61-57-53-49-45-41-37-33-30-28-26-24-22-20-21-23-25-27-29-31-35-39-43-47-51-55-59-65(70)67-63(62-68)64(69)58-54-50-46-42-38-34-18-16-14-12-10-8-6-4-2/h54,58,63-64,68-69H,3-53,55-57,59-62H2,1-2H3,(H,67,70)/b58-54+. The molecular formula is C66H129NO5. The first-order valence-electron chi connectivity index (χ1n) is 33.0. The van der Waals surface area contributed by atoms with Crippen molar-refractivity contribution in [1.29, 1.82) is 0 Å². The highest BCUT2D eigenvalue weighted by molar-refractivity contribution is 5.76. The molecule has 0 aromatic carbocycles. The van der Waals surface area contributed by atoms with E-state index in [2.05, 4.69) is 19.2 Å². The molecule has 0 heterocycles. The number of carbonyl (C=O) groups excluding carboxylic acids is 2. The third-order valence-electron chi connectivity index (χ3n) is 15.6. The Labute approximate surface area is 450 Å². The summed E-state index contributed by atoms with van der Waals surface area (Å²) in [5, 5.41) is 23.1. The summed E-state index contributed by atoms with van der Waals surface area (Å²) >= 11 is 0. The van der Waals surface area contributed by atoms with Crippen molar-refractivity contribution < 1.29 is 24.5 Å². The van der Waals surface area contributed by atoms with Crippen molar-refractivity contribution in [2.45, 2.75) is 386 Å². The molecule has 6 nitrogen and oxygen atoms in total. The van der Waals surface area contributed by atoms with Gasteiger partial charge in [0.15, 0.2) is 0 Å². The highest BCUT2D eigenvalue weighted by atomic mass is 16.5. The van der Waals surface area contributed by atoms with E-state index in [1.807, 2.05) is 6.08 Å².